The minimum Gasteiger partial charge on any atom is -0.328 e. The number of nitrogens with zero attached hydrogens (tertiary/aromatic N) is 1. The summed E-state index contributed by atoms with van der Waals surface area (Å²) in [6, 6.07) is 0.475. The summed E-state index contributed by atoms with van der Waals surface area (Å²) < 4.78 is 0. The molecule has 0 bridgehead atoms. The molecular formula is C20H43ClN2. The van der Waals surface area contributed by atoms with Gasteiger partial charge in [-0.15, -0.1) is 12.4 Å². The van der Waals surface area contributed by atoms with E-state index in [-0.39, 0.29) is 12.4 Å². The highest BCUT2D eigenvalue weighted by molar-refractivity contribution is 5.85. The molecule has 0 aliphatic carbocycles. The Bertz CT molecular complexity index is 228. The van der Waals surface area contributed by atoms with Crippen LogP contribution in [0.4, 0.5) is 0 Å². The smallest absolute Gasteiger partial charge is 0.00631 e. The number of hydrogen-bond donors (Lipinski definition) is 1. The fraction of sp³-hybridized carbons (Fsp3) is 1.00. The lowest BCUT2D eigenvalue weighted by Crippen LogP contribution is -2.39. The summed E-state index contributed by atoms with van der Waals surface area (Å²) >= 11 is 0. The van der Waals surface area contributed by atoms with Crippen molar-refractivity contribution >= 4 is 12.4 Å². The van der Waals surface area contributed by atoms with Gasteiger partial charge in [0.25, 0.3) is 0 Å². The molecule has 3 heteroatoms. The Labute approximate surface area is 152 Å². The highest BCUT2D eigenvalue weighted by Gasteiger charge is 2.14. The normalized spacial score (nSPS) is 16.4. The SMILES string of the molecule is CCCCCCCCCCCCCCCN1CCC(N)CC1.Cl. The number of hydrogen-bond acceptors (Lipinski definition) is 2. The summed E-state index contributed by atoms with van der Waals surface area (Å²) in [4.78, 5) is 2.61. The van der Waals surface area contributed by atoms with Crippen LogP contribution in [0.5, 0.6) is 0 Å². The molecule has 0 aromatic carbocycles. The predicted molar refractivity (Wildman–Crippen MR) is 107 cm³/mol. The largest absolute Gasteiger partial charge is 0.328 e. The van der Waals surface area contributed by atoms with E-state index in [1.165, 1.54) is 116 Å². The zero-order chi connectivity index (χ0) is 15.9. The number of nitrogens with two attached hydrogens (primary N) is 1. The zero-order valence-electron chi connectivity index (χ0n) is 15.7. The number of piperidine rings is 1. The Hall–Kier alpha value is 0.210. The van der Waals surface area contributed by atoms with Gasteiger partial charge in [0.2, 0.25) is 0 Å². The van der Waals surface area contributed by atoms with Crippen molar-refractivity contribution in [3.8, 4) is 0 Å². The third-order valence-electron chi connectivity index (χ3n) is 5.21. The Balaban J connectivity index is 0.00000484. The van der Waals surface area contributed by atoms with E-state index in [0.29, 0.717) is 6.04 Å². The van der Waals surface area contributed by atoms with Crippen LogP contribution in [0.15, 0.2) is 0 Å². The van der Waals surface area contributed by atoms with Crippen molar-refractivity contribution in [3.63, 3.8) is 0 Å². The second-order valence-electron chi connectivity index (χ2n) is 7.42. The molecule has 0 radical (unpaired) electrons. The van der Waals surface area contributed by atoms with E-state index in [2.05, 4.69) is 11.8 Å². The van der Waals surface area contributed by atoms with Crippen LogP contribution >= 0.6 is 12.4 Å². The molecule has 0 unspecified atom stereocenters. The molecular weight excluding hydrogens is 304 g/mol. The minimum atomic E-state index is 0. The van der Waals surface area contributed by atoms with Crippen LogP contribution in [0.25, 0.3) is 0 Å². The molecule has 0 amide bonds. The molecule has 1 aliphatic rings. The molecule has 1 heterocycles. The average molecular weight is 347 g/mol. The first kappa shape index (κ1) is 23.2. The maximum atomic E-state index is 5.94. The van der Waals surface area contributed by atoms with Crippen molar-refractivity contribution in [2.75, 3.05) is 19.6 Å². The fourth-order valence-corrected chi connectivity index (χ4v) is 3.53. The van der Waals surface area contributed by atoms with E-state index in [9.17, 15) is 0 Å². The minimum absolute atomic E-state index is 0. The lowest BCUT2D eigenvalue weighted by molar-refractivity contribution is 0.209. The monoisotopic (exact) mass is 346 g/mol. The third kappa shape index (κ3) is 14.3. The number of rotatable bonds is 14. The summed E-state index contributed by atoms with van der Waals surface area (Å²) in [7, 11) is 0. The highest BCUT2D eigenvalue weighted by Crippen LogP contribution is 2.13. The molecule has 0 aromatic heterocycles. The third-order valence-corrected chi connectivity index (χ3v) is 5.21. The van der Waals surface area contributed by atoms with Gasteiger partial charge in [-0.05, 0) is 38.9 Å². The molecule has 140 valence electrons. The van der Waals surface area contributed by atoms with Crippen molar-refractivity contribution in [3.05, 3.63) is 0 Å². The molecule has 0 atom stereocenters. The first-order valence-corrected chi connectivity index (χ1v) is 10.3. The molecule has 0 aromatic rings. The van der Waals surface area contributed by atoms with E-state index >= 15 is 0 Å². The topological polar surface area (TPSA) is 29.3 Å². The predicted octanol–water partition coefficient (Wildman–Crippen LogP) is 5.92. The van der Waals surface area contributed by atoms with Crippen LogP contribution in [-0.4, -0.2) is 30.6 Å². The van der Waals surface area contributed by atoms with Gasteiger partial charge < -0.3 is 10.6 Å². The maximum Gasteiger partial charge on any atom is 0.00631 e. The number of unbranched alkanes of at least 4 members (excludes halogenated alkanes) is 12. The summed E-state index contributed by atoms with van der Waals surface area (Å²) in [5, 5.41) is 0. The van der Waals surface area contributed by atoms with Crippen molar-refractivity contribution in [2.24, 2.45) is 5.73 Å². The van der Waals surface area contributed by atoms with Gasteiger partial charge >= 0.3 is 0 Å². The van der Waals surface area contributed by atoms with Gasteiger partial charge in [0, 0.05) is 6.04 Å². The van der Waals surface area contributed by atoms with Crippen LogP contribution in [0.3, 0.4) is 0 Å². The maximum absolute atomic E-state index is 5.94. The molecule has 1 aliphatic heterocycles. The second kappa shape index (κ2) is 17.0. The van der Waals surface area contributed by atoms with E-state index in [1.807, 2.05) is 0 Å². The summed E-state index contributed by atoms with van der Waals surface area (Å²) in [5.41, 5.74) is 5.94. The van der Waals surface area contributed by atoms with Gasteiger partial charge in [0.1, 0.15) is 0 Å². The van der Waals surface area contributed by atoms with Gasteiger partial charge in [-0.25, -0.2) is 0 Å². The van der Waals surface area contributed by atoms with Crippen molar-refractivity contribution in [2.45, 2.75) is 109 Å². The van der Waals surface area contributed by atoms with Gasteiger partial charge in [-0.1, -0.05) is 84.0 Å². The van der Waals surface area contributed by atoms with Crippen LogP contribution in [-0.2, 0) is 0 Å². The van der Waals surface area contributed by atoms with E-state index < -0.39 is 0 Å². The molecule has 2 N–H and O–H groups in total. The zero-order valence-corrected chi connectivity index (χ0v) is 16.6. The second-order valence-corrected chi connectivity index (χ2v) is 7.42. The first-order valence-electron chi connectivity index (χ1n) is 10.3. The standard InChI is InChI=1S/C20H42N2.ClH/c1-2-3-4-5-6-7-8-9-10-11-12-13-14-17-22-18-15-20(21)16-19-22;/h20H,2-19,21H2,1H3;1H. The van der Waals surface area contributed by atoms with Gasteiger partial charge in [0.05, 0.1) is 0 Å². The fourth-order valence-electron chi connectivity index (χ4n) is 3.53. The number of halogens is 1. The van der Waals surface area contributed by atoms with Crippen molar-refractivity contribution in [1.82, 2.24) is 4.90 Å². The molecule has 0 spiro atoms. The van der Waals surface area contributed by atoms with Crippen molar-refractivity contribution < 1.29 is 0 Å². The van der Waals surface area contributed by atoms with E-state index in [1.54, 1.807) is 0 Å². The first-order chi connectivity index (χ1) is 10.8. The average Bonchev–Trinajstić information content (AvgIpc) is 2.53. The number of likely N-dealkylation sites (tertiary alicyclic amines) is 1. The van der Waals surface area contributed by atoms with Crippen LogP contribution < -0.4 is 5.73 Å². The Kier molecular flexibility index (Phi) is 17.2. The van der Waals surface area contributed by atoms with E-state index in [0.717, 1.165) is 0 Å². The highest BCUT2D eigenvalue weighted by atomic mass is 35.5. The van der Waals surface area contributed by atoms with Crippen LogP contribution in [0.2, 0.25) is 0 Å². The van der Waals surface area contributed by atoms with Crippen LogP contribution in [0.1, 0.15) is 103 Å². The molecule has 1 rings (SSSR count). The van der Waals surface area contributed by atoms with Crippen LogP contribution in [0, 0.1) is 0 Å². The summed E-state index contributed by atoms with van der Waals surface area (Å²) in [5.74, 6) is 0. The Morgan fingerprint density at radius 1 is 0.696 bits per heavy atom. The molecule has 2 nitrogen and oxygen atoms in total. The molecule has 1 fully saturated rings. The van der Waals surface area contributed by atoms with Gasteiger partial charge in [-0.3, -0.25) is 0 Å². The van der Waals surface area contributed by atoms with Gasteiger partial charge in [0.15, 0.2) is 0 Å². The van der Waals surface area contributed by atoms with E-state index in [4.69, 9.17) is 5.73 Å². The molecule has 0 saturated carbocycles. The van der Waals surface area contributed by atoms with Gasteiger partial charge in [-0.2, -0.15) is 0 Å². The Morgan fingerprint density at radius 2 is 1.09 bits per heavy atom. The summed E-state index contributed by atoms with van der Waals surface area (Å²) in [6.45, 7) is 6.07. The van der Waals surface area contributed by atoms with Crippen molar-refractivity contribution in [1.29, 1.82) is 0 Å². The lowest BCUT2D eigenvalue weighted by atomic mass is 10.0. The lowest BCUT2D eigenvalue weighted by Gasteiger charge is -2.29. The molecule has 1 saturated heterocycles. The Morgan fingerprint density at radius 3 is 1.52 bits per heavy atom. The summed E-state index contributed by atoms with van der Waals surface area (Å²) in [6.07, 6.45) is 21.2. The molecule has 23 heavy (non-hydrogen) atoms. The quantitative estimate of drug-likeness (QED) is 0.395.